The third-order valence-electron chi connectivity index (χ3n) is 7.90. The number of aromatic hydroxyl groups is 1. The minimum Gasteiger partial charge on any atom is -0.508 e. The van der Waals surface area contributed by atoms with E-state index < -0.39 is 11.9 Å². The van der Waals surface area contributed by atoms with E-state index in [1.54, 1.807) is 12.3 Å². The Bertz CT molecular complexity index is 1750. The zero-order valence-electron chi connectivity index (χ0n) is 21.8. The number of nitrogens with one attached hydrogen (secondary N) is 1. The smallest absolute Gasteiger partial charge is 0.435 e. The summed E-state index contributed by atoms with van der Waals surface area (Å²) in [7, 11) is 1.44. The number of fused-ring (bicyclic) bond motifs is 3. The Labute approximate surface area is 231 Å². The van der Waals surface area contributed by atoms with Gasteiger partial charge in [0, 0.05) is 73.2 Å². The predicted octanol–water partition coefficient (Wildman–Crippen LogP) is 4.75. The highest BCUT2D eigenvalue weighted by molar-refractivity contribution is 5.94. The number of alkyl halides is 3. The van der Waals surface area contributed by atoms with E-state index >= 15 is 0 Å². The van der Waals surface area contributed by atoms with Crippen molar-refractivity contribution in [3.8, 4) is 28.3 Å². The molecule has 3 aliphatic rings. The SMILES string of the molecule is Cn1cc(-c2cc3c(-c4ccc(N5CC6CC(C5)N6Cc5cc(F)ccc5O)nc4)ncnc3[nH]2)c(C(F)(F)F)n1. The average Bonchev–Trinajstić information content (AvgIpc) is 3.57. The van der Waals surface area contributed by atoms with Crippen LogP contribution in [0.2, 0.25) is 0 Å². The second kappa shape index (κ2) is 9.26. The Morgan fingerprint density at radius 3 is 2.59 bits per heavy atom. The molecular weight excluding hydrogens is 540 g/mol. The van der Waals surface area contributed by atoms with Gasteiger partial charge in [0.25, 0.3) is 0 Å². The van der Waals surface area contributed by atoms with Gasteiger partial charge in [-0.25, -0.2) is 19.3 Å². The summed E-state index contributed by atoms with van der Waals surface area (Å²) in [4.78, 5) is 20.8. The molecule has 4 aromatic heterocycles. The van der Waals surface area contributed by atoms with Gasteiger partial charge in [-0.2, -0.15) is 18.3 Å². The molecule has 3 aliphatic heterocycles. The highest BCUT2D eigenvalue weighted by atomic mass is 19.4. The van der Waals surface area contributed by atoms with Gasteiger partial charge in [-0.15, -0.1) is 0 Å². The first-order valence-corrected chi connectivity index (χ1v) is 13.0. The van der Waals surface area contributed by atoms with Crippen molar-refractivity contribution in [2.45, 2.75) is 31.2 Å². The Morgan fingerprint density at radius 1 is 1.05 bits per heavy atom. The summed E-state index contributed by atoms with van der Waals surface area (Å²) < 4.78 is 55.5. The zero-order valence-corrected chi connectivity index (χ0v) is 21.8. The Balaban J connectivity index is 1.11. The fraction of sp³-hybridized carbons (Fsp3) is 0.286. The van der Waals surface area contributed by atoms with E-state index in [0.29, 0.717) is 34.4 Å². The molecule has 9 nitrogen and oxygen atoms in total. The number of aromatic nitrogens is 6. The molecular formula is C28H24F4N8O. The minimum atomic E-state index is -4.60. The molecule has 210 valence electrons. The van der Waals surface area contributed by atoms with Gasteiger partial charge in [0.05, 0.1) is 11.4 Å². The summed E-state index contributed by atoms with van der Waals surface area (Å²) in [6, 6.07) is 9.96. The van der Waals surface area contributed by atoms with E-state index in [9.17, 15) is 22.7 Å². The first kappa shape index (κ1) is 25.4. The van der Waals surface area contributed by atoms with E-state index in [1.165, 1.54) is 37.8 Å². The van der Waals surface area contributed by atoms with Crippen LogP contribution >= 0.6 is 0 Å². The van der Waals surface area contributed by atoms with Crippen molar-refractivity contribution in [2.75, 3.05) is 18.0 Å². The van der Waals surface area contributed by atoms with Crippen LogP contribution in [-0.4, -0.2) is 64.9 Å². The van der Waals surface area contributed by atoms with Crippen LogP contribution in [0.5, 0.6) is 5.75 Å². The monoisotopic (exact) mass is 564 g/mol. The number of aryl methyl sites for hydroxylation is 1. The fourth-order valence-electron chi connectivity index (χ4n) is 5.93. The molecule has 0 amide bonds. The Hall–Kier alpha value is -4.52. The molecule has 2 unspecified atom stereocenters. The maximum atomic E-state index is 13.7. The van der Waals surface area contributed by atoms with Crippen molar-refractivity contribution in [1.82, 2.24) is 34.6 Å². The summed E-state index contributed by atoms with van der Waals surface area (Å²) in [6.45, 7) is 2.00. The quantitative estimate of drug-likeness (QED) is 0.298. The molecule has 0 spiro atoms. The number of aromatic amines is 1. The normalized spacial score (nSPS) is 19.1. The number of piperidine rings is 1. The molecule has 13 heteroatoms. The summed E-state index contributed by atoms with van der Waals surface area (Å²) in [6.07, 6.45) is 0.824. The van der Waals surface area contributed by atoms with Crippen molar-refractivity contribution in [3.05, 3.63) is 72.2 Å². The van der Waals surface area contributed by atoms with Gasteiger partial charge in [-0.1, -0.05) is 0 Å². The maximum absolute atomic E-state index is 13.7. The number of anilines is 1. The minimum absolute atomic E-state index is 0.0669. The molecule has 3 fully saturated rings. The lowest BCUT2D eigenvalue weighted by Gasteiger charge is -2.56. The summed E-state index contributed by atoms with van der Waals surface area (Å²) in [5.41, 5.74) is 1.46. The number of pyridine rings is 1. The first-order valence-electron chi connectivity index (χ1n) is 13.0. The molecule has 0 radical (unpaired) electrons. The lowest BCUT2D eigenvalue weighted by molar-refractivity contribution is -0.141. The molecule has 2 N–H and O–H groups in total. The lowest BCUT2D eigenvalue weighted by Crippen LogP contribution is -2.68. The van der Waals surface area contributed by atoms with Gasteiger partial charge in [0.1, 0.15) is 29.4 Å². The standard InChI is InChI=1S/C28H24F4N8O/c1-38-13-21(26(37-38)28(30,31)32)22-8-20-25(34-14-35-27(20)36-22)15-2-5-24(33-9-15)39-11-18-7-19(12-39)40(18)10-16-6-17(29)3-4-23(16)41/h2-6,8-9,13-14,18-19,41H,7,10-12H2,1H3,(H,34,35,36). The van der Waals surface area contributed by atoms with E-state index in [0.717, 1.165) is 30.0 Å². The van der Waals surface area contributed by atoms with Gasteiger partial charge in [-0.05, 0) is 42.8 Å². The van der Waals surface area contributed by atoms with E-state index in [1.807, 2.05) is 12.1 Å². The molecule has 7 heterocycles. The summed E-state index contributed by atoms with van der Waals surface area (Å²) in [5.74, 6) is 0.538. The second-order valence-electron chi connectivity index (χ2n) is 10.5. The first-order chi connectivity index (χ1) is 19.6. The van der Waals surface area contributed by atoms with Crippen LogP contribution < -0.4 is 4.90 Å². The molecule has 0 aliphatic carbocycles. The van der Waals surface area contributed by atoms with Crippen LogP contribution in [0, 0.1) is 5.82 Å². The molecule has 41 heavy (non-hydrogen) atoms. The Morgan fingerprint density at radius 2 is 1.85 bits per heavy atom. The van der Waals surface area contributed by atoms with Crippen LogP contribution in [0.25, 0.3) is 33.5 Å². The van der Waals surface area contributed by atoms with Crippen molar-refractivity contribution in [1.29, 1.82) is 0 Å². The molecule has 2 atom stereocenters. The van der Waals surface area contributed by atoms with E-state index in [-0.39, 0.29) is 34.9 Å². The number of nitrogens with zero attached hydrogens (tertiary/aromatic N) is 7. The van der Waals surface area contributed by atoms with Crippen molar-refractivity contribution in [3.63, 3.8) is 0 Å². The number of benzene rings is 1. The number of H-pyrrole nitrogens is 1. The van der Waals surface area contributed by atoms with Crippen LogP contribution in [0.15, 0.2) is 55.1 Å². The van der Waals surface area contributed by atoms with E-state index in [4.69, 9.17) is 0 Å². The van der Waals surface area contributed by atoms with Crippen LogP contribution in [0.3, 0.4) is 0 Å². The average molecular weight is 565 g/mol. The number of hydrogen-bond donors (Lipinski definition) is 2. The van der Waals surface area contributed by atoms with Gasteiger partial charge in [0.15, 0.2) is 5.69 Å². The topological polar surface area (TPSA) is 99.0 Å². The predicted molar refractivity (Wildman–Crippen MR) is 142 cm³/mol. The lowest BCUT2D eigenvalue weighted by atomic mass is 9.86. The maximum Gasteiger partial charge on any atom is 0.435 e. The molecule has 5 aromatic rings. The number of phenols is 1. The highest BCUT2D eigenvalue weighted by Gasteiger charge is 2.45. The summed E-state index contributed by atoms with van der Waals surface area (Å²) in [5, 5.41) is 14.3. The fourth-order valence-corrected chi connectivity index (χ4v) is 5.93. The molecule has 2 bridgehead atoms. The van der Waals surface area contributed by atoms with Gasteiger partial charge in [0.2, 0.25) is 0 Å². The van der Waals surface area contributed by atoms with Gasteiger partial charge >= 0.3 is 6.18 Å². The van der Waals surface area contributed by atoms with Gasteiger partial charge in [-0.3, -0.25) is 9.58 Å². The van der Waals surface area contributed by atoms with Gasteiger partial charge < -0.3 is 15.0 Å². The molecule has 3 saturated heterocycles. The van der Waals surface area contributed by atoms with Crippen LogP contribution in [0.1, 0.15) is 17.7 Å². The molecule has 0 saturated carbocycles. The largest absolute Gasteiger partial charge is 0.508 e. The van der Waals surface area contributed by atoms with Crippen molar-refractivity contribution < 1.29 is 22.7 Å². The molecule has 1 aromatic carbocycles. The highest BCUT2D eigenvalue weighted by Crippen LogP contribution is 2.39. The number of hydrogen-bond acceptors (Lipinski definition) is 7. The van der Waals surface area contributed by atoms with E-state index in [2.05, 4.69) is 34.8 Å². The third kappa shape index (κ3) is 4.46. The van der Waals surface area contributed by atoms with Crippen LogP contribution in [0.4, 0.5) is 23.4 Å². The number of rotatable bonds is 5. The van der Waals surface area contributed by atoms with Crippen molar-refractivity contribution >= 4 is 16.9 Å². The van der Waals surface area contributed by atoms with Crippen LogP contribution in [-0.2, 0) is 19.8 Å². The van der Waals surface area contributed by atoms with Crippen molar-refractivity contribution in [2.24, 2.45) is 7.05 Å². The number of piperazine rings is 1. The molecule has 8 rings (SSSR count). The second-order valence-corrected chi connectivity index (χ2v) is 10.5. The number of phenolic OH excluding ortho intramolecular Hbond substituents is 1. The summed E-state index contributed by atoms with van der Waals surface area (Å²) >= 11 is 0. The zero-order chi connectivity index (χ0) is 28.5. The third-order valence-corrected chi connectivity index (χ3v) is 7.90. The Kier molecular flexibility index (Phi) is 5.75. The number of halogens is 4.